The average molecular weight is 303 g/mol. The van der Waals surface area contributed by atoms with Crippen molar-refractivity contribution in [2.45, 2.75) is 13.0 Å². The maximum Gasteiger partial charge on any atom is 0.223 e. The monoisotopic (exact) mass is 303 g/mol. The lowest BCUT2D eigenvalue weighted by Crippen LogP contribution is -2.24. The van der Waals surface area contributed by atoms with Crippen LogP contribution in [0, 0.1) is 5.92 Å². The number of nitrogens with zero attached hydrogens (tertiary/aromatic N) is 1. The van der Waals surface area contributed by atoms with Crippen LogP contribution in [0.15, 0.2) is 41.8 Å². The van der Waals surface area contributed by atoms with Gasteiger partial charge in [-0.25, -0.2) is 0 Å². The van der Waals surface area contributed by atoms with Gasteiger partial charge in [-0.15, -0.1) is 11.3 Å². The van der Waals surface area contributed by atoms with Crippen molar-refractivity contribution >= 4 is 29.9 Å². The molecule has 1 aliphatic rings. The van der Waals surface area contributed by atoms with Gasteiger partial charge in [0.05, 0.1) is 0 Å². The highest BCUT2D eigenvalue weighted by Gasteiger charge is 2.28. The Balaban J connectivity index is 1.68. The van der Waals surface area contributed by atoms with E-state index in [1.165, 1.54) is 16.0 Å². The first-order valence-corrected chi connectivity index (χ1v) is 8.29. The zero-order valence-electron chi connectivity index (χ0n) is 11.2. The quantitative estimate of drug-likeness (QED) is 0.854. The fraction of sp³-hybridized carbons (Fsp3) is 0.312. The van der Waals surface area contributed by atoms with Crippen LogP contribution in [0.3, 0.4) is 0 Å². The molecule has 0 radical (unpaired) electrons. The third-order valence-corrected chi connectivity index (χ3v) is 5.12. The van der Waals surface area contributed by atoms with Gasteiger partial charge in [0.2, 0.25) is 5.91 Å². The minimum absolute atomic E-state index is 0.256. The van der Waals surface area contributed by atoms with Crippen molar-refractivity contribution in [3.63, 3.8) is 0 Å². The molecule has 0 saturated carbocycles. The molecule has 0 spiro atoms. The van der Waals surface area contributed by atoms with E-state index >= 15 is 0 Å². The van der Waals surface area contributed by atoms with Crippen molar-refractivity contribution < 1.29 is 4.79 Å². The van der Waals surface area contributed by atoms with Gasteiger partial charge in [-0.3, -0.25) is 4.79 Å². The van der Waals surface area contributed by atoms with Gasteiger partial charge < -0.3 is 4.90 Å². The number of carbonyl (C=O) groups is 1. The second-order valence-electron chi connectivity index (χ2n) is 5.20. The molecule has 1 unspecified atom stereocenters. The molecule has 3 rings (SSSR count). The van der Waals surface area contributed by atoms with Gasteiger partial charge in [0.1, 0.15) is 0 Å². The van der Waals surface area contributed by atoms with E-state index in [1.807, 2.05) is 4.90 Å². The number of thiophene rings is 1. The molecule has 2 nitrogen and oxygen atoms in total. The fourth-order valence-corrected chi connectivity index (χ4v) is 3.54. The van der Waals surface area contributed by atoms with Crippen LogP contribution in [0.1, 0.15) is 12.0 Å². The highest BCUT2D eigenvalue weighted by atomic mass is 32.1. The van der Waals surface area contributed by atoms with Crippen molar-refractivity contribution in [1.29, 1.82) is 0 Å². The molecule has 1 aromatic heterocycles. The zero-order valence-corrected chi connectivity index (χ0v) is 12.9. The minimum atomic E-state index is 0.256. The summed E-state index contributed by atoms with van der Waals surface area (Å²) in [7, 11) is 0. The first-order chi connectivity index (χ1) is 9.76. The van der Waals surface area contributed by atoms with Crippen molar-refractivity contribution in [2.24, 2.45) is 5.92 Å². The van der Waals surface area contributed by atoms with E-state index in [-0.39, 0.29) is 5.91 Å². The van der Waals surface area contributed by atoms with Crippen LogP contribution < -0.4 is 0 Å². The number of hydrogen-bond acceptors (Lipinski definition) is 3. The molecule has 20 heavy (non-hydrogen) atoms. The standard InChI is InChI=1S/C16H17NOS2/c18-16-8-13(11-19)10-17(16)9-12-3-5-14(6-4-12)15-2-1-7-20-15/h1-7,13,19H,8-11H2. The number of rotatable bonds is 4. The number of carbonyl (C=O) groups excluding carboxylic acids is 1. The normalized spacial score (nSPS) is 18.8. The lowest BCUT2D eigenvalue weighted by atomic mass is 10.1. The van der Waals surface area contributed by atoms with Gasteiger partial charge in [-0.1, -0.05) is 30.3 Å². The summed E-state index contributed by atoms with van der Waals surface area (Å²) in [5, 5.41) is 2.09. The molecule has 0 aliphatic carbocycles. The molecule has 0 bridgehead atoms. The predicted octanol–water partition coefficient (Wildman–Crippen LogP) is 3.69. The van der Waals surface area contributed by atoms with Crippen molar-refractivity contribution in [3.05, 3.63) is 47.3 Å². The second kappa shape index (κ2) is 6.02. The Morgan fingerprint density at radius 2 is 2.05 bits per heavy atom. The van der Waals surface area contributed by atoms with Gasteiger partial charge in [-0.2, -0.15) is 12.6 Å². The van der Waals surface area contributed by atoms with E-state index in [0.717, 1.165) is 12.3 Å². The number of hydrogen-bond donors (Lipinski definition) is 1. The highest BCUT2D eigenvalue weighted by Crippen LogP contribution is 2.26. The Kier molecular flexibility index (Phi) is 4.13. The lowest BCUT2D eigenvalue weighted by molar-refractivity contribution is -0.128. The Labute approximate surface area is 128 Å². The first kappa shape index (κ1) is 13.7. The lowest BCUT2D eigenvalue weighted by Gasteiger charge is -2.16. The maximum absolute atomic E-state index is 11.9. The molecule has 104 valence electrons. The SMILES string of the molecule is O=C1CC(CS)CN1Cc1ccc(-c2cccs2)cc1. The van der Waals surface area contributed by atoms with Crippen molar-refractivity contribution in [1.82, 2.24) is 4.90 Å². The molecule has 1 amide bonds. The van der Waals surface area contributed by atoms with E-state index in [4.69, 9.17) is 0 Å². The van der Waals surface area contributed by atoms with Gasteiger partial charge in [0, 0.05) is 24.4 Å². The summed E-state index contributed by atoms with van der Waals surface area (Å²) in [5.41, 5.74) is 2.43. The van der Waals surface area contributed by atoms with E-state index in [9.17, 15) is 4.79 Å². The molecule has 2 aromatic rings. The largest absolute Gasteiger partial charge is 0.338 e. The van der Waals surface area contributed by atoms with Crippen LogP contribution in [-0.2, 0) is 11.3 Å². The number of thiol groups is 1. The molecule has 1 saturated heterocycles. The van der Waals surface area contributed by atoms with Gasteiger partial charge in [-0.05, 0) is 34.2 Å². The molecule has 1 atom stereocenters. The fourth-order valence-electron chi connectivity index (χ4n) is 2.57. The molecule has 1 aliphatic heterocycles. The van der Waals surface area contributed by atoms with Crippen LogP contribution in [-0.4, -0.2) is 23.1 Å². The summed E-state index contributed by atoms with van der Waals surface area (Å²) in [6.07, 6.45) is 0.650. The van der Waals surface area contributed by atoms with Gasteiger partial charge in [0.25, 0.3) is 0 Å². The zero-order chi connectivity index (χ0) is 13.9. The number of benzene rings is 1. The molecular weight excluding hydrogens is 286 g/mol. The number of amides is 1. The minimum Gasteiger partial charge on any atom is -0.338 e. The summed E-state index contributed by atoms with van der Waals surface area (Å²) >= 11 is 6.04. The van der Waals surface area contributed by atoms with Crippen LogP contribution in [0.25, 0.3) is 10.4 Å². The summed E-state index contributed by atoms with van der Waals surface area (Å²) in [5.74, 6) is 1.46. The Bertz CT molecular complexity index is 577. The van der Waals surface area contributed by atoms with E-state index in [2.05, 4.69) is 54.4 Å². The Hall–Kier alpha value is -1.26. The summed E-state index contributed by atoms with van der Waals surface area (Å²) in [4.78, 5) is 15.1. The van der Waals surface area contributed by atoms with E-state index in [0.29, 0.717) is 18.9 Å². The van der Waals surface area contributed by atoms with E-state index in [1.54, 1.807) is 11.3 Å². The van der Waals surface area contributed by atoms with Crippen molar-refractivity contribution in [2.75, 3.05) is 12.3 Å². The van der Waals surface area contributed by atoms with Crippen molar-refractivity contribution in [3.8, 4) is 10.4 Å². The maximum atomic E-state index is 11.9. The summed E-state index contributed by atoms with van der Waals surface area (Å²) < 4.78 is 0. The Morgan fingerprint density at radius 1 is 1.25 bits per heavy atom. The summed E-state index contributed by atoms with van der Waals surface area (Å²) in [6, 6.07) is 12.7. The average Bonchev–Trinajstić information content (AvgIpc) is 3.10. The second-order valence-corrected chi connectivity index (χ2v) is 6.51. The predicted molar refractivity (Wildman–Crippen MR) is 87.1 cm³/mol. The van der Waals surface area contributed by atoms with Gasteiger partial charge >= 0.3 is 0 Å². The molecule has 4 heteroatoms. The Morgan fingerprint density at radius 3 is 2.65 bits per heavy atom. The summed E-state index contributed by atoms with van der Waals surface area (Å²) in [6.45, 7) is 1.56. The molecule has 1 fully saturated rings. The molecule has 1 aromatic carbocycles. The molecule has 0 N–H and O–H groups in total. The smallest absolute Gasteiger partial charge is 0.223 e. The van der Waals surface area contributed by atoms with Crippen LogP contribution in [0.4, 0.5) is 0 Å². The number of likely N-dealkylation sites (tertiary alicyclic amines) is 1. The third kappa shape index (κ3) is 2.91. The van der Waals surface area contributed by atoms with Crippen LogP contribution in [0.5, 0.6) is 0 Å². The molecule has 2 heterocycles. The van der Waals surface area contributed by atoms with Crippen LogP contribution >= 0.6 is 24.0 Å². The first-order valence-electron chi connectivity index (χ1n) is 6.77. The van der Waals surface area contributed by atoms with Gasteiger partial charge in [0.15, 0.2) is 0 Å². The highest BCUT2D eigenvalue weighted by molar-refractivity contribution is 7.80. The third-order valence-electron chi connectivity index (χ3n) is 3.69. The van der Waals surface area contributed by atoms with Crippen LogP contribution in [0.2, 0.25) is 0 Å². The molecular formula is C16H17NOS2. The topological polar surface area (TPSA) is 20.3 Å². The van der Waals surface area contributed by atoms with E-state index < -0.39 is 0 Å².